The summed E-state index contributed by atoms with van der Waals surface area (Å²) in [7, 11) is -3.03. The van der Waals surface area contributed by atoms with Gasteiger partial charge in [-0.25, -0.2) is 8.42 Å². The minimum Gasteiger partial charge on any atom is -0.481 e. The zero-order valence-electron chi connectivity index (χ0n) is 10.9. The maximum atomic E-state index is 11.2. The fraction of sp³-hybridized carbons (Fsp3) is 0.500. The molecule has 0 aliphatic heterocycles. The minimum atomic E-state index is -3.03. The molecule has 0 amide bonds. The molecule has 1 atom stereocenters. The van der Waals surface area contributed by atoms with Crippen LogP contribution in [0.25, 0.3) is 0 Å². The second-order valence-electron chi connectivity index (χ2n) is 5.35. The van der Waals surface area contributed by atoms with E-state index in [0.29, 0.717) is 5.92 Å². The summed E-state index contributed by atoms with van der Waals surface area (Å²) in [5.41, 5.74) is 1.75. The SMILES string of the molecule is CS(=O)(=O)Cc1ccc(C(CC(=O)O)C2CC2)cc1. The predicted molar refractivity (Wildman–Crippen MR) is 72.7 cm³/mol. The first-order valence-corrected chi connectivity index (χ1v) is 8.39. The van der Waals surface area contributed by atoms with Gasteiger partial charge in [-0.1, -0.05) is 24.3 Å². The number of aliphatic carboxylic acids is 1. The van der Waals surface area contributed by atoms with Gasteiger partial charge in [-0.3, -0.25) is 4.79 Å². The third-order valence-electron chi connectivity index (χ3n) is 3.42. The first-order chi connectivity index (χ1) is 8.85. The number of benzene rings is 1. The Morgan fingerprint density at radius 2 is 1.89 bits per heavy atom. The molecule has 1 N–H and O–H groups in total. The Hall–Kier alpha value is -1.36. The Kier molecular flexibility index (Phi) is 3.94. The Labute approximate surface area is 113 Å². The van der Waals surface area contributed by atoms with E-state index in [1.807, 2.05) is 12.1 Å². The smallest absolute Gasteiger partial charge is 0.303 e. The summed E-state index contributed by atoms with van der Waals surface area (Å²) in [6.45, 7) is 0. The second-order valence-corrected chi connectivity index (χ2v) is 7.49. The normalized spacial score (nSPS) is 17.1. The first-order valence-electron chi connectivity index (χ1n) is 6.33. The molecule has 4 nitrogen and oxygen atoms in total. The van der Waals surface area contributed by atoms with Gasteiger partial charge in [-0.15, -0.1) is 0 Å². The summed E-state index contributed by atoms with van der Waals surface area (Å²) >= 11 is 0. The van der Waals surface area contributed by atoms with Gasteiger partial charge in [-0.2, -0.15) is 0 Å². The van der Waals surface area contributed by atoms with Crippen LogP contribution in [0, 0.1) is 5.92 Å². The van der Waals surface area contributed by atoms with Crippen molar-refractivity contribution in [3.05, 3.63) is 35.4 Å². The molecule has 2 rings (SSSR count). The van der Waals surface area contributed by atoms with Crippen LogP contribution in [0.5, 0.6) is 0 Å². The van der Waals surface area contributed by atoms with Crippen LogP contribution >= 0.6 is 0 Å². The molecule has 0 bridgehead atoms. The molecule has 0 radical (unpaired) electrons. The standard InChI is InChI=1S/C14H18O4S/c1-19(17,18)9-10-2-4-11(5-3-10)13(8-14(15)16)12-6-7-12/h2-5,12-13H,6-9H2,1H3,(H,15,16). The Bertz CT molecular complexity index is 556. The highest BCUT2D eigenvalue weighted by atomic mass is 32.2. The summed E-state index contributed by atoms with van der Waals surface area (Å²) in [4.78, 5) is 10.9. The van der Waals surface area contributed by atoms with Crippen molar-refractivity contribution in [2.45, 2.75) is 30.9 Å². The van der Waals surface area contributed by atoms with Gasteiger partial charge in [0.15, 0.2) is 9.84 Å². The molecule has 1 aromatic rings. The van der Waals surface area contributed by atoms with E-state index < -0.39 is 15.8 Å². The van der Waals surface area contributed by atoms with Gasteiger partial charge in [0.1, 0.15) is 0 Å². The van der Waals surface area contributed by atoms with E-state index in [9.17, 15) is 13.2 Å². The van der Waals surface area contributed by atoms with Crippen molar-refractivity contribution in [3.63, 3.8) is 0 Å². The van der Waals surface area contributed by atoms with Gasteiger partial charge in [0.25, 0.3) is 0 Å². The largest absolute Gasteiger partial charge is 0.481 e. The van der Waals surface area contributed by atoms with Crippen molar-refractivity contribution in [2.24, 2.45) is 5.92 Å². The minimum absolute atomic E-state index is 0.0281. The lowest BCUT2D eigenvalue weighted by molar-refractivity contribution is -0.137. The van der Waals surface area contributed by atoms with Gasteiger partial charge >= 0.3 is 5.97 Å². The Balaban J connectivity index is 2.13. The molecule has 1 aliphatic rings. The summed E-state index contributed by atoms with van der Waals surface area (Å²) in [6.07, 6.45) is 3.53. The van der Waals surface area contributed by atoms with Crippen molar-refractivity contribution in [1.82, 2.24) is 0 Å². The summed E-state index contributed by atoms with van der Waals surface area (Å²) in [5.74, 6) is -0.223. The molecule has 0 spiro atoms. The highest BCUT2D eigenvalue weighted by Crippen LogP contribution is 2.44. The number of carboxylic acid groups (broad SMARTS) is 1. The van der Waals surface area contributed by atoms with Crippen LogP contribution < -0.4 is 0 Å². The molecular formula is C14H18O4S. The lowest BCUT2D eigenvalue weighted by Crippen LogP contribution is -2.08. The van der Waals surface area contributed by atoms with E-state index >= 15 is 0 Å². The van der Waals surface area contributed by atoms with Crippen molar-refractivity contribution in [2.75, 3.05) is 6.26 Å². The van der Waals surface area contributed by atoms with Gasteiger partial charge < -0.3 is 5.11 Å². The monoisotopic (exact) mass is 282 g/mol. The average molecular weight is 282 g/mol. The molecule has 1 aliphatic carbocycles. The highest BCUT2D eigenvalue weighted by molar-refractivity contribution is 7.89. The molecule has 0 saturated heterocycles. The van der Waals surface area contributed by atoms with E-state index in [-0.39, 0.29) is 18.1 Å². The zero-order valence-corrected chi connectivity index (χ0v) is 11.7. The third-order valence-corrected chi connectivity index (χ3v) is 4.28. The van der Waals surface area contributed by atoms with Crippen molar-refractivity contribution in [1.29, 1.82) is 0 Å². The topological polar surface area (TPSA) is 71.4 Å². The highest BCUT2D eigenvalue weighted by Gasteiger charge is 2.33. The number of sulfone groups is 1. The fourth-order valence-corrected chi connectivity index (χ4v) is 3.21. The van der Waals surface area contributed by atoms with Crippen LogP contribution in [-0.4, -0.2) is 25.7 Å². The van der Waals surface area contributed by atoms with E-state index in [2.05, 4.69) is 0 Å². The summed E-state index contributed by atoms with van der Waals surface area (Å²) in [6, 6.07) is 7.31. The second kappa shape index (κ2) is 5.33. The molecule has 5 heteroatoms. The summed E-state index contributed by atoms with van der Waals surface area (Å²) < 4.78 is 22.4. The molecule has 0 aromatic heterocycles. The van der Waals surface area contributed by atoms with Crippen LogP contribution in [0.15, 0.2) is 24.3 Å². The molecule has 19 heavy (non-hydrogen) atoms. The van der Waals surface area contributed by atoms with E-state index in [1.165, 1.54) is 6.26 Å². The quantitative estimate of drug-likeness (QED) is 0.868. The Morgan fingerprint density at radius 1 is 1.32 bits per heavy atom. The van der Waals surface area contributed by atoms with Crippen LogP contribution in [0.2, 0.25) is 0 Å². The van der Waals surface area contributed by atoms with Gasteiger partial charge in [0.2, 0.25) is 0 Å². The van der Waals surface area contributed by atoms with Gasteiger partial charge in [0.05, 0.1) is 12.2 Å². The molecule has 1 unspecified atom stereocenters. The molecular weight excluding hydrogens is 264 g/mol. The molecule has 0 heterocycles. The summed E-state index contributed by atoms with van der Waals surface area (Å²) in [5, 5.41) is 8.95. The maximum Gasteiger partial charge on any atom is 0.303 e. The number of carboxylic acids is 1. The van der Waals surface area contributed by atoms with Crippen molar-refractivity contribution < 1.29 is 18.3 Å². The predicted octanol–water partition coefficient (Wildman–Crippen LogP) is 2.20. The van der Waals surface area contributed by atoms with Crippen LogP contribution in [0.4, 0.5) is 0 Å². The van der Waals surface area contributed by atoms with Crippen molar-refractivity contribution >= 4 is 15.8 Å². The van der Waals surface area contributed by atoms with E-state index in [0.717, 1.165) is 24.0 Å². The van der Waals surface area contributed by atoms with Crippen LogP contribution in [0.3, 0.4) is 0 Å². The molecule has 1 aromatic carbocycles. The first kappa shape index (κ1) is 14.1. The van der Waals surface area contributed by atoms with Gasteiger partial charge in [0, 0.05) is 6.26 Å². The number of rotatable bonds is 6. The lowest BCUT2D eigenvalue weighted by atomic mass is 9.90. The Morgan fingerprint density at radius 3 is 2.32 bits per heavy atom. The number of hydrogen-bond donors (Lipinski definition) is 1. The number of carbonyl (C=O) groups is 1. The molecule has 1 fully saturated rings. The van der Waals surface area contributed by atoms with E-state index in [4.69, 9.17) is 5.11 Å². The number of hydrogen-bond acceptors (Lipinski definition) is 3. The maximum absolute atomic E-state index is 11.2. The van der Waals surface area contributed by atoms with Crippen LogP contribution in [-0.2, 0) is 20.4 Å². The van der Waals surface area contributed by atoms with Gasteiger partial charge in [-0.05, 0) is 35.8 Å². The molecule has 1 saturated carbocycles. The lowest BCUT2D eigenvalue weighted by Gasteiger charge is -2.14. The van der Waals surface area contributed by atoms with Crippen LogP contribution in [0.1, 0.15) is 36.3 Å². The fourth-order valence-electron chi connectivity index (χ4n) is 2.41. The average Bonchev–Trinajstić information content (AvgIpc) is 3.08. The third kappa shape index (κ3) is 4.35. The van der Waals surface area contributed by atoms with E-state index in [1.54, 1.807) is 12.1 Å². The zero-order chi connectivity index (χ0) is 14.0. The van der Waals surface area contributed by atoms with Crippen molar-refractivity contribution in [3.8, 4) is 0 Å². The molecule has 104 valence electrons.